The highest BCUT2D eigenvalue weighted by molar-refractivity contribution is 7.86. The van der Waals surface area contributed by atoms with Gasteiger partial charge in [-0.3, -0.25) is 4.18 Å². The van der Waals surface area contributed by atoms with Gasteiger partial charge in [-0.1, -0.05) is 45.4 Å². The van der Waals surface area contributed by atoms with Gasteiger partial charge in [-0.25, -0.2) is 0 Å². The molecule has 0 fully saturated rings. The third kappa shape index (κ3) is 3.82. The van der Waals surface area contributed by atoms with Gasteiger partial charge in [0.2, 0.25) is 0 Å². The van der Waals surface area contributed by atoms with Gasteiger partial charge in [-0.15, -0.1) is 0 Å². The lowest BCUT2D eigenvalue weighted by Crippen LogP contribution is -2.28. The van der Waals surface area contributed by atoms with E-state index in [2.05, 4.69) is 0 Å². The van der Waals surface area contributed by atoms with Crippen molar-refractivity contribution in [3.63, 3.8) is 0 Å². The van der Waals surface area contributed by atoms with E-state index < -0.39 is 10.1 Å². The molecule has 3 nitrogen and oxygen atoms in total. The first-order chi connectivity index (χ1) is 8.24. The summed E-state index contributed by atoms with van der Waals surface area (Å²) in [6.07, 6.45) is -0.295. The van der Waals surface area contributed by atoms with Crippen LogP contribution in [0.4, 0.5) is 0 Å². The average Bonchev–Trinajstić information content (AvgIpc) is 2.26. The maximum absolute atomic E-state index is 12.1. The van der Waals surface area contributed by atoms with E-state index in [1.807, 2.05) is 34.6 Å². The van der Waals surface area contributed by atoms with Crippen LogP contribution in [0.3, 0.4) is 0 Å². The van der Waals surface area contributed by atoms with Crippen molar-refractivity contribution in [3.8, 4) is 0 Å². The number of aryl methyl sites for hydroxylation is 1. The molecule has 0 amide bonds. The molecule has 0 saturated carbocycles. The molecule has 0 aliphatic heterocycles. The lowest BCUT2D eigenvalue weighted by Gasteiger charge is -2.24. The Morgan fingerprint density at radius 2 is 1.39 bits per heavy atom. The molecule has 0 heterocycles. The second-order valence-electron chi connectivity index (χ2n) is 5.32. The standard InChI is InChI=1S/C14H22O3S/c1-10(2)14(11(3)4)17-18(15,16)13-8-6-12(5)7-9-13/h6-11,14H,1-5H3. The van der Waals surface area contributed by atoms with Crippen LogP contribution < -0.4 is 0 Å². The summed E-state index contributed by atoms with van der Waals surface area (Å²) in [4.78, 5) is 0.222. The summed E-state index contributed by atoms with van der Waals surface area (Å²) >= 11 is 0. The van der Waals surface area contributed by atoms with E-state index in [4.69, 9.17) is 4.18 Å². The van der Waals surface area contributed by atoms with E-state index in [9.17, 15) is 8.42 Å². The van der Waals surface area contributed by atoms with Gasteiger partial charge in [-0.2, -0.15) is 8.42 Å². The fraction of sp³-hybridized carbons (Fsp3) is 0.571. The number of hydrogen-bond acceptors (Lipinski definition) is 3. The van der Waals surface area contributed by atoms with Gasteiger partial charge in [-0.05, 0) is 30.9 Å². The lowest BCUT2D eigenvalue weighted by molar-refractivity contribution is 0.112. The van der Waals surface area contributed by atoms with E-state index in [1.165, 1.54) is 0 Å². The van der Waals surface area contributed by atoms with Gasteiger partial charge in [0.25, 0.3) is 10.1 Å². The first-order valence-electron chi connectivity index (χ1n) is 6.24. The fourth-order valence-corrected chi connectivity index (χ4v) is 3.22. The highest BCUT2D eigenvalue weighted by atomic mass is 32.2. The molecule has 1 aromatic rings. The zero-order valence-electron chi connectivity index (χ0n) is 11.7. The quantitative estimate of drug-likeness (QED) is 0.770. The van der Waals surface area contributed by atoms with Gasteiger partial charge in [0.1, 0.15) is 0 Å². The average molecular weight is 270 g/mol. The van der Waals surface area contributed by atoms with Crippen molar-refractivity contribution in [2.24, 2.45) is 11.8 Å². The van der Waals surface area contributed by atoms with Crippen molar-refractivity contribution < 1.29 is 12.6 Å². The molecule has 102 valence electrons. The van der Waals surface area contributed by atoms with E-state index in [-0.39, 0.29) is 22.8 Å². The Balaban J connectivity index is 2.97. The first kappa shape index (κ1) is 15.2. The normalized spacial score (nSPS) is 12.7. The predicted octanol–water partition coefficient (Wildman–Crippen LogP) is 3.38. The fourth-order valence-electron chi connectivity index (χ4n) is 1.90. The Kier molecular flexibility index (Phi) is 4.93. The molecule has 0 unspecified atom stereocenters. The third-order valence-electron chi connectivity index (χ3n) is 2.86. The van der Waals surface area contributed by atoms with Crippen molar-refractivity contribution >= 4 is 10.1 Å². The second kappa shape index (κ2) is 5.85. The van der Waals surface area contributed by atoms with Crippen LogP contribution in [-0.2, 0) is 14.3 Å². The van der Waals surface area contributed by atoms with E-state index >= 15 is 0 Å². The van der Waals surface area contributed by atoms with Gasteiger partial charge in [0, 0.05) is 0 Å². The van der Waals surface area contributed by atoms with Crippen molar-refractivity contribution in [2.45, 2.75) is 45.6 Å². The summed E-state index contributed by atoms with van der Waals surface area (Å²) in [6, 6.07) is 6.72. The number of benzene rings is 1. The van der Waals surface area contributed by atoms with E-state index in [1.54, 1.807) is 24.3 Å². The lowest BCUT2D eigenvalue weighted by atomic mass is 9.97. The van der Waals surface area contributed by atoms with Crippen molar-refractivity contribution in [1.82, 2.24) is 0 Å². The van der Waals surface area contributed by atoms with E-state index in [0.29, 0.717) is 0 Å². The van der Waals surface area contributed by atoms with Gasteiger partial charge < -0.3 is 0 Å². The topological polar surface area (TPSA) is 43.4 Å². The Bertz CT molecular complexity index is 464. The molecule has 1 aromatic carbocycles. The Morgan fingerprint density at radius 1 is 0.944 bits per heavy atom. The molecule has 1 rings (SSSR count). The summed E-state index contributed by atoms with van der Waals surface area (Å²) in [5.41, 5.74) is 1.03. The van der Waals surface area contributed by atoms with Crippen molar-refractivity contribution in [3.05, 3.63) is 29.8 Å². The molecular weight excluding hydrogens is 248 g/mol. The second-order valence-corrected chi connectivity index (χ2v) is 6.89. The molecule has 0 aliphatic carbocycles. The molecule has 0 radical (unpaired) electrons. The zero-order chi connectivity index (χ0) is 13.9. The third-order valence-corrected chi connectivity index (χ3v) is 4.19. The minimum atomic E-state index is -3.67. The summed E-state index contributed by atoms with van der Waals surface area (Å²) < 4.78 is 29.6. The van der Waals surface area contributed by atoms with Gasteiger partial charge in [0.05, 0.1) is 11.0 Å². The Morgan fingerprint density at radius 3 is 1.78 bits per heavy atom. The molecule has 0 aliphatic rings. The minimum absolute atomic E-state index is 0.158. The highest BCUT2D eigenvalue weighted by Gasteiger charge is 2.26. The SMILES string of the molecule is Cc1ccc(S(=O)(=O)OC(C(C)C)C(C)C)cc1. The number of hydrogen-bond donors (Lipinski definition) is 0. The first-order valence-corrected chi connectivity index (χ1v) is 7.65. The van der Waals surface area contributed by atoms with Crippen LogP contribution in [0, 0.1) is 18.8 Å². The molecule has 18 heavy (non-hydrogen) atoms. The molecule has 0 aromatic heterocycles. The minimum Gasteiger partial charge on any atom is -0.262 e. The van der Waals surface area contributed by atoms with Crippen LogP contribution in [-0.4, -0.2) is 14.5 Å². The molecule has 4 heteroatoms. The highest BCUT2D eigenvalue weighted by Crippen LogP contribution is 2.22. The molecule has 0 N–H and O–H groups in total. The maximum atomic E-state index is 12.1. The van der Waals surface area contributed by atoms with Gasteiger partial charge >= 0.3 is 0 Å². The summed E-state index contributed by atoms with van der Waals surface area (Å²) in [6.45, 7) is 9.79. The Labute approximate surface area is 110 Å². The van der Waals surface area contributed by atoms with Crippen LogP contribution in [0.25, 0.3) is 0 Å². The molecule has 0 spiro atoms. The maximum Gasteiger partial charge on any atom is 0.297 e. The summed E-state index contributed by atoms with van der Waals surface area (Å²) in [7, 11) is -3.67. The monoisotopic (exact) mass is 270 g/mol. The van der Waals surface area contributed by atoms with Gasteiger partial charge in [0.15, 0.2) is 0 Å². The molecule has 0 atom stereocenters. The van der Waals surface area contributed by atoms with Crippen molar-refractivity contribution in [2.75, 3.05) is 0 Å². The Hall–Kier alpha value is -0.870. The zero-order valence-corrected chi connectivity index (χ0v) is 12.5. The molecule has 0 bridgehead atoms. The van der Waals surface area contributed by atoms with Crippen LogP contribution in [0.15, 0.2) is 29.2 Å². The van der Waals surface area contributed by atoms with Crippen molar-refractivity contribution in [1.29, 1.82) is 0 Å². The van der Waals surface area contributed by atoms with Crippen LogP contribution in [0.2, 0.25) is 0 Å². The summed E-state index contributed by atoms with van der Waals surface area (Å²) in [5, 5.41) is 0. The van der Waals surface area contributed by atoms with E-state index in [0.717, 1.165) is 5.56 Å². The molecule has 0 saturated heterocycles. The molecular formula is C14H22O3S. The number of rotatable bonds is 5. The predicted molar refractivity (Wildman–Crippen MR) is 72.9 cm³/mol. The van der Waals surface area contributed by atoms with Crippen LogP contribution in [0.1, 0.15) is 33.3 Å². The largest absolute Gasteiger partial charge is 0.297 e. The smallest absolute Gasteiger partial charge is 0.262 e. The summed E-state index contributed by atoms with van der Waals surface area (Å²) in [5.74, 6) is 0.315. The van der Waals surface area contributed by atoms with Crippen LogP contribution >= 0.6 is 0 Å². The van der Waals surface area contributed by atoms with Crippen LogP contribution in [0.5, 0.6) is 0 Å².